The number of rotatable bonds is 7. The molecular formula is C12H18O4S. The summed E-state index contributed by atoms with van der Waals surface area (Å²) in [6.07, 6.45) is 0.532. The minimum atomic E-state index is -3.52. The first-order valence-corrected chi connectivity index (χ1v) is 7.13. The number of aliphatic hydroxyl groups is 1. The molecule has 0 bridgehead atoms. The molecule has 1 atom stereocenters. The van der Waals surface area contributed by atoms with Crippen LogP contribution in [-0.2, 0) is 20.1 Å². The van der Waals surface area contributed by atoms with Crippen LogP contribution in [0.1, 0.15) is 18.9 Å². The van der Waals surface area contributed by atoms with Gasteiger partial charge in [-0.1, -0.05) is 37.3 Å². The molecule has 0 spiro atoms. The van der Waals surface area contributed by atoms with Gasteiger partial charge in [-0.05, 0) is 17.9 Å². The fraction of sp³-hybridized carbons (Fsp3) is 0.500. The van der Waals surface area contributed by atoms with Crippen LogP contribution >= 0.6 is 0 Å². The highest BCUT2D eigenvalue weighted by molar-refractivity contribution is 7.85. The second kappa shape index (κ2) is 6.74. The van der Waals surface area contributed by atoms with Gasteiger partial charge in [0.1, 0.15) is 5.75 Å². The number of benzene rings is 1. The zero-order valence-electron chi connectivity index (χ0n) is 9.87. The van der Waals surface area contributed by atoms with Crippen molar-refractivity contribution < 1.29 is 17.7 Å². The first-order chi connectivity index (χ1) is 8.03. The van der Waals surface area contributed by atoms with E-state index in [4.69, 9.17) is 9.29 Å². The molecule has 1 unspecified atom stereocenters. The third kappa shape index (κ3) is 5.81. The molecule has 5 heteroatoms. The summed E-state index contributed by atoms with van der Waals surface area (Å²) in [6, 6.07) is 8.91. The molecule has 17 heavy (non-hydrogen) atoms. The number of aliphatic hydroxyl groups excluding tert-OH is 1. The predicted molar refractivity (Wildman–Crippen MR) is 65.9 cm³/mol. The zero-order valence-corrected chi connectivity index (χ0v) is 10.7. The van der Waals surface area contributed by atoms with Gasteiger partial charge >= 0.3 is 0 Å². The maximum atomic E-state index is 11.6. The Morgan fingerprint density at radius 1 is 1.29 bits per heavy atom. The van der Waals surface area contributed by atoms with Crippen molar-refractivity contribution in [3.8, 4) is 0 Å². The Bertz CT molecular complexity index is 413. The van der Waals surface area contributed by atoms with E-state index in [2.05, 4.69) is 0 Å². The van der Waals surface area contributed by atoms with Crippen molar-refractivity contribution in [1.82, 2.24) is 0 Å². The van der Waals surface area contributed by atoms with Crippen LogP contribution in [0.15, 0.2) is 30.3 Å². The lowest BCUT2D eigenvalue weighted by Crippen LogP contribution is -2.12. The Morgan fingerprint density at radius 2 is 1.94 bits per heavy atom. The van der Waals surface area contributed by atoms with Gasteiger partial charge in [0.05, 0.1) is 6.61 Å². The molecule has 1 rings (SSSR count). The summed E-state index contributed by atoms with van der Waals surface area (Å²) in [5, 5.41) is 8.79. The molecule has 96 valence electrons. The summed E-state index contributed by atoms with van der Waals surface area (Å²) in [6.45, 7) is 2.01. The first kappa shape index (κ1) is 14.2. The van der Waals surface area contributed by atoms with Gasteiger partial charge in [0.25, 0.3) is 10.1 Å². The third-order valence-electron chi connectivity index (χ3n) is 2.37. The Morgan fingerprint density at radius 3 is 2.53 bits per heavy atom. The van der Waals surface area contributed by atoms with Crippen LogP contribution in [0.4, 0.5) is 0 Å². The van der Waals surface area contributed by atoms with Crippen LogP contribution < -0.4 is 0 Å². The third-order valence-corrected chi connectivity index (χ3v) is 3.58. The van der Waals surface area contributed by atoms with Crippen molar-refractivity contribution in [2.75, 3.05) is 13.2 Å². The summed E-state index contributed by atoms with van der Waals surface area (Å²) >= 11 is 0. The zero-order chi connectivity index (χ0) is 12.7. The van der Waals surface area contributed by atoms with E-state index in [1.807, 2.05) is 13.0 Å². The summed E-state index contributed by atoms with van der Waals surface area (Å²) in [7, 11) is -3.52. The van der Waals surface area contributed by atoms with E-state index in [1.165, 1.54) is 0 Å². The standard InChI is InChI=1S/C12H18O4S/c1-11(9-13)7-8-16-17(14,15)10-12-5-3-2-4-6-12/h2-6,11,13H,7-10H2,1H3. The van der Waals surface area contributed by atoms with Gasteiger partial charge in [-0.15, -0.1) is 0 Å². The van der Waals surface area contributed by atoms with E-state index in [-0.39, 0.29) is 24.9 Å². The Labute approximate surface area is 102 Å². The maximum absolute atomic E-state index is 11.6. The highest BCUT2D eigenvalue weighted by Gasteiger charge is 2.12. The van der Waals surface area contributed by atoms with E-state index in [0.717, 1.165) is 0 Å². The first-order valence-electron chi connectivity index (χ1n) is 5.55. The smallest absolute Gasteiger partial charge is 0.271 e. The lowest BCUT2D eigenvalue weighted by molar-refractivity contribution is 0.204. The van der Waals surface area contributed by atoms with Crippen molar-refractivity contribution in [2.24, 2.45) is 5.92 Å². The van der Waals surface area contributed by atoms with Crippen LogP contribution in [-0.4, -0.2) is 26.7 Å². The van der Waals surface area contributed by atoms with Gasteiger partial charge in [-0.2, -0.15) is 8.42 Å². The normalized spacial score (nSPS) is 13.5. The second-order valence-corrected chi connectivity index (χ2v) is 5.73. The summed E-state index contributed by atoms with van der Waals surface area (Å²) in [4.78, 5) is 0. The fourth-order valence-electron chi connectivity index (χ4n) is 1.29. The fourth-order valence-corrected chi connectivity index (χ4v) is 2.32. The molecule has 0 aliphatic heterocycles. The van der Waals surface area contributed by atoms with E-state index >= 15 is 0 Å². The van der Waals surface area contributed by atoms with E-state index in [0.29, 0.717) is 12.0 Å². The molecule has 0 heterocycles. The van der Waals surface area contributed by atoms with Crippen LogP contribution in [0.3, 0.4) is 0 Å². The maximum Gasteiger partial charge on any atom is 0.271 e. The molecule has 0 fully saturated rings. The van der Waals surface area contributed by atoms with Gasteiger partial charge in [-0.3, -0.25) is 4.18 Å². The largest absolute Gasteiger partial charge is 0.396 e. The molecule has 0 saturated carbocycles. The minimum Gasteiger partial charge on any atom is -0.396 e. The average molecular weight is 258 g/mol. The van der Waals surface area contributed by atoms with Crippen molar-refractivity contribution in [1.29, 1.82) is 0 Å². The minimum absolute atomic E-state index is 0.0437. The van der Waals surface area contributed by atoms with Gasteiger partial charge < -0.3 is 5.11 Å². The topological polar surface area (TPSA) is 63.6 Å². The Hall–Kier alpha value is -0.910. The monoisotopic (exact) mass is 258 g/mol. The van der Waals surface area contributed by atoms with Crippen molar-refractivity contribution in [2.45, 2.75) is 19.1 Å². The molecule has 1 aromatic carbocycles. The molecule has 1 aromatic rings. The predicted octanol–water partition coefficient (Wildman–Crippen LogP) is 1.55. The summed E-state index contributed by atoms with van der Waals surface area (Å²) < 4.78 is 28.0. The Kier molecular flexibility index (Phi) is 5.61. The second-order valence-electron chi connectivity index (χ2n) is 4.09. The van der Waals surface area contributed by atoms with Gasteiger partial charge in [0, 0.05) is 6.61 Å². The molecule has 0 saturated heterocycles. The lowest BCUT2D eigenvalue weighted by atomic mass is 10.1. The van der Waals surface area contributed by atoms with Crippen LogP contribution in [0.5, 0.6) is 0 Å². The Balaban J connectivity index is 2.42. The molecule has 4 nitrogen and oxygen atoms in total. The van der Waals surface area contributed by atoms with Gasteiger partial charge in [-0.25, -0.2) is 0 Å². The summed E-state index contributed by atoms with van der Waals surface area (Å²) in [5.41, 5.74) is 0.711. The molecule has 0 radical (unpaired) electrons. The quantitative estimate of drug-likeness (QED) is 0.754. The molecule has 0 aromatic heterocycles. The van der Waals surface area contributed by atoms with Crippen molar-refractivity contribution in [3.05, 3.63) is 35.9 Å². The van der Waals surface area contributed by atoms with Gasteiger partial charge in [0.15, 0.2) is 0 Å². The number of hydrogen-bond acceptors (Lipinski definition) is 4. The van der Waals surface area contributed by atoms with E-state index in [9.17, 15) is 8.42 Å². The molecule has 0 aliphatic carbocycles. The number of hydrogen-bond donors (Lipinski definition) is 1. The van der Waals surface area contributed by atoms with Crippen molar-refractivity contribution >= 4 is 10.1 Å². The molecule has 0 aliphatic rings. The van der Waals surface area contributed by atoms with E-state index < -0.39 is 10.1 Å². The SMILES string of the molecule is CC(CO)CCOS(=O)(=O)Cc1ccccc1. The van der Waals surface area contributed by atoms with Crippen molar-refractivity contribution in [3.63, 3.8) is 0 Å². The van der Waals surface area contributed by atoms with Crippen LogP contribution in [0, 0.1) is 5.92 Å². The highest BCUT2D eigenvalue weighted by atomic mass is 32.2. The van der Waals surface area contributed by atoms with E-state index in [1.54, 1.807) is 24.3 Å². The summed E-state index contributed by atoms with van der Waals surface area (Å²) in [5.74, 6) is -0.0524. The molecular weight excluding hydrogens is 240 g/mol. The molecule has 1 N–H and O–H groups in total. The van der Waals surface area contributed by atoms with Gasteiger partial charge in [0.2, 0.25) is 0 Å². The van der Waals surface area contributed by atoms with Crippen LogP contribution in [0.2, 0.25) is 0 Å². The highest BCUT2D eigenvalue weighted by Crippen LogP contribution is 2.09. The average Bonchev–Trinajstić information content (AvgIpc) is 2.29. The molecule has 0 amide bonds. The van der Waals surface area contributed by atoms with Crippen LogP contribution in [0.25, 0.3) is 0 Å². The lowest BCUT2D eigenvalue weighted by Gasteiger charge is -2.08.